The quantitative estimate of drug-likeness (QED) is 0.715. The highest BCUT2D eigenvalue weighted by atomic mass is 19.4. The van der Waals surface area contributed by atoms with E-state index in [1.165, 1.54) is 0 Å². The molecule has 0 aliphatic carbocycles. The van der Waals surface area contributed by atoms with Crippen LogP contribution in [0.25, 0.3) is 11.4 Å². The molecule has 2 N–H and O–H groups in total. The molecule has 8 nitrogen and oxygen atoms in total. The minimum atomic E-state index is -5.08. The maximum Gasteiger partial charge on any atom is 0.490 e. The molecule has 1 atom stereocenters. The minimum Gasteiger partial charge on any atom is -0.475 e. The van der Waals surface area contributed by atoms with Crippen LogP contribution in [0.2, 0.25) is 0 Å². The SMILES string of the molecule is CN(CC1CC(=O)N(C(C)(C)C)C1)C(=O)c1cccc(-c2ncc[nH]2)c1.O=C(O)C(F)(F)F. The molecule has 3 rings (SSSR count). The lowest BCUT2D eigenvalue weighted by Crippen LogP contribution is -2.43. The monoisotopic (exact) mass is 468 g/mol. The maximum absolute atomic E-state index is 12.8. The summed E-state index contributed by atoms with van der Waals surface area (Å²) in [4.78, 5) is 44.9. The number of H-pyrrole nitrogens is 1. The van der Waals surface area contributed by atoms with Gasteiger partial charge in [0.25, 0.3) is 5.91 Å². The second-order valence-corrected chi connectivity index (χ2v) is 8.75. The third-order valence-electron chi connectivity index (χ3n) is 5.02. The van der Waals surface area contributed by atoms with Crippen LogP contribution in [-0.4, -0.2) is 74.5 Å². The Morgan fingerprint density at radius 3 is 2.39 bits per heavy atom. The zero-order chi connectivity index (χ0) is 25.0. The van der Waals surface area contributed by atoms with Gasteiger partial charge in [-0.15, -0.1) is 0 Å². The van der Waals surface area contributed by atoms with E-state index in [0.717, 1.165) is 11.4 Å². The van der Waals surface area contributed by atoms with Crippen LogP contribution >= 0.6 is 0 Å². The third-order valence-corrected chi connectivity index (χ3v) is 5.02. The van der Waals surface area contributed by atoms with Crippen molar-refractivity contribution < 1.29 is 32.7 Å². The van der Waals surface area contributed by atoms with Gasteiger partial charge in [-0.05, 0) is 32.9 Å². The summed E-state index contributed by atoms with van der Waals surface area (Å²) in [5.41, 5.74) is 1.33. The molecule has 180 valence electrons. The van der Waals surface area contributed by atoms with Crippen molar-refractivity contribution in [3.8, 4) is 11.4 Å². The second-order valence-electron chi connectivity index (χ2n) is 8.75. The van der Waals surface area contributed by atoms with E-state index in [9.17, 15) is 22.8 Å². The molecule has 0 bridgehead atoms. The first-order valence-corrected chi connectivity index (χ1v) is 10.2. The number of carboxylic acids is 1. The van der Waals surface area contributed by atoms with E-state index in [1.807, 2.05) is 49.9 Å². The Bertz CT molecular complexity index is 984. The van der Waals surface area contributed by atoms with Crippen LogP contribution in [0.1, 0.15) is 37.6 Å². The number of hydrogen-bond donors (Lipinski definition) is 2. The summed E-state index contributed by atoms with van der Waals surface area (Å²) < 4.78 is 31.7. The third kappa shape index (κ3) is 7.06. The largest absolute Gasteiger partial charge is 0.490 e. The molecule has 1 unspecified atom stereocenters. The van der Waals surface area contributed by atoms with Crippen LogP contribution in [0.3, 0.4) is 0 Å². The second kappa shape index (κ2) is 10.1. The van der Waals surface area contributed by atoms with Gasteiger partial charge in [0, 0.05) is 61.5 Å². The van der Waals surface area contributed by atoms with Crippen LogP contribution in [0.4, 0.5) is 13.2 Å². The van der Waals surface area contributed by atoms with Crippen LogP contribution in [0, 0.1) is 5.92 Å². The molecular formula is C22H27F3N4O4. The molecule has 0 radical (unpaired) electrons. The Hall–Kier alpha value is -3.37. The number of aromatic amines is 1. The molecule has 2 aromatic rings. The predicted molar refractivity (Wildman–Crippen MR) is 114 cm³/mol. The van der Waals surface area contributed by atoms with Gasteiger partial charge in [0.2, 0.25) is 5.91 Å². The topological polar surface area (TPSA) is 107 Å². The van der Waals surface area contributed by atoms with Gasteiger partial charge in [-0.2, -0.15) is 13.2 Å². The van der Waals surface area contributed by atoms with Gasteiger partial charge in [-0.1, -0.05) is 12.1 Å². The molecule has 33 heavy (non-hydrogen) atoms. The van der Waals surface area contributed by atoms with E-state index in [1.54, 1.807) is 24.3 Å². The standard InChI is InChI=1S/C20H26N4O2.C2HF3O2/c1-20(2,3)24-13-14(10-17(24)25)12-23(4)19(26)16-7-5-6-15(11-16)18-21-8-9-22-18;3-2(4,5)1(6)7/h5-9,11,14H,10,12-13H2,1-4H3,(H,21,22);(H,6,7). The molecule has 2 amide bonds. The predicted octanol–water partition coefficient (Wildman–Crippen LogP) is 3.43. The Kier molecular flexibility index (Phi) is 7.89. The highest BCUT2D eigenvalue weighted by Gasteiger charge is 2.38. The molecular weight excluding hydrogens is 441 g/mol. The number of aliphatic carboxylic acids is 1. The van der Waals surface area contributed by atoms with Gasteiger partial charge in [-0.25, -0.2) is 9.78 Å². The fraction of sp³-hybridized carbons (Fsp3) is 0.455. The Morgan fingerprint density at radius 1 is 1.27 bits per heavy atom. The number of aromatic nitrogens is 2. The number of carboxylic acid groups (broad SMARTS) is 1. The molecule has 1 aliphatic rings. The van der Waals surface area contributed by atoms with Gasteiger partial charge in [-0.3, -0.25) is 9.59 Å². The van der Waals surface area contributed by atoms with E-state index in [2.05, 4.69) is 9.97 Å². The van der Waals surface area contributed by atoms with Crippen molar-refractivity contribution in [3.05, 3.63) is 42.2 Å². The lowest BCUT2D eigenvalue weighted by molar-refractivity contribution is -0.192. The highest BCUT2D eigenvalue weighted by molar-refractivity contribution is 5.95. The number of carbonyl (C=O) groups is 3. The Balaban J connectivity index is 0.000000479. The highest BCUT2D eigenvalue weighted by Crippen LogP contribution is 2.26. The van der Waals surface area contributed by atoms with Crippen molar-refractivity contribution in [3.63, 3.8) is 0 Å². The summed E-state index contributed by atoms with van der Waals surface area (Å²) in [6.07, 6.45) is -1.14. The fourth-order valence-electron chi connectivity index (χ4n) is 3.47. The fourth-order valence-corrected chi connectivity index (χ4v) is 3.47. The van der Waals surface area contributed by atoms with Crippen LogP contribution < -0.4 is 0 Å². The number of benzene rings is 1. The molecule has 1 aromatic carbocycles. The Morgan fingerprint density at radius 2 is 1.91 bits per heavy atom. The number of carbonyl (C=O) groups excluding carboxylic acids is 2. The van der Waals surface area contributed by atoms with Gasteiger partial charge >= 0.3 is 12.1 Å². The Labute approximate surface area is 189 Å². The summed E-state index contributed by atoms with van der Waals surface area (Å²) in [6.45, 7) is 7.40. The first-order valence-electron chi connectivity index (χ1n) is 10.2. The number of likely N-dealkylation sites (tertiary alicyclic amines) is 1. The molecule has 1 saturated heterocycles. The first kappa shape index (κ1) is 25.9. The lowest BCUT2D eigenvalue weighted by Gasteiger charge is -2.32. The number of alkyl halides is 3. The number of imidazole rings is 1. The van der Waals surface area contributed by atoms with Crippen molar-refractivity contribution in [2.24, 2.45) is 5.92 Å². The number of halogens is 3. The normalized spacial score (nSPS) is 16.3. The number of rotatable bonds is 4. The van der Waals surface area contributed by atoms with Gasteiger partial charge in [0.05, 0.1) is 0 Å². The zero-order valence-electron chi connectivity index (χ0n) is 18.8. The number of amides is 2. The number of nitrogens with zero attached hydrogens (tertiary/aromatic N) is 3. The first-order chi connectivity index (χ1) is 15.2. The molecule has 1 fully saturated rings. The van der Waals surface area contributed by atoms with E-state index >= 15 is 0 Å². The summed E-state index contributed by atoms with van der Waals surface area (Å²) in [5, 5.41) is 7.12. The van der Waals surface area contributed by atoms with Crippen LogP contribution in [0.5, 0.6) is 0 Å². The molecule has 0 saturated carbocycles. The van der Waals surface area contributed by atoms with Crippen LogP contribution in [0.15, 0.2) is 36.7 Å². The molecule has 1 aliphatic heterocycles. The van der Waals surface area contributed by atoms with E-state index in [0.29, 0.717) is 25.1 Å². The minimum absolute atomic E-state index is 0.0416. The molecule has 1 aromatic heterocycles. The number of hydrogen-bond acceptors (Lipinski definition) is 4. The molecule has 11 heteroatoms. The zero-order valence-corrected chi connectivity index (χ0v) is 18.8. The summed E-state index contributed by atoms with van der Waals surface area (Å²) in [5.74, 6) is -1.72. The van der Waals surface area contributed by atoms with E-state index in [4.69, 9.17) is 9.90 Å². The van der Waals surface area contributed by atoms with Crippen molar-refractivity contribution in [1.29, 1.82) is 0 Å². The van der Waals surface area contributed by atoms with Gasteiger partial charge < -0.3 is 19.9 Å². The summed E-state index contributed by atoms with van der Waals surface area (Å²) in [6, 6.07) is 7.44. The van der Waals surface area contributed by atoms with Crippen molar-refractivity contribution in [2.75, 3.05) is 20.1 Å². The van der Waals surface area contributed by atoms with E-state index < -0.39 is 12.1 Å². The van der Waals surface area contributed by atoms with Gasteiger partial charge in [0.15, 0.2) is 0 Å². The smallest absolute Gasteiger partial charge is 0.475 e. The van der Waals surface area contributed by atoms with Crippen molar-refractivity contribution in [1.82, 2.24) is 19.8 Å². The van der Waals surface area contributed by atoms with Crippen LogP contribution in [-0.2, 0) is 9.59 Å². The van der Waals surface area contributed by atoms with Gasteiger partial charge in [0.1, 0.15) is 5.82 Å². The average Bonchev–Trinajstić information content (AvgIpc) is 3.37. The number of nitrogens with one attached hydrogen (secondary N) is 1. The van der Waals surface area contributed by atoms with Crippen molar-refractivity contribution >= 4 is 17.8 Å². The molecule has 2 heterocycles. The lowest BCUT2D eigenvalue weighted by atomic mass is 10.1. The summed E-state index contributed by atoms with van der Waals surface area (Å²) in [7, 11) is 1.80. The maximum atomic E-state index is 12.8. The van der Waals surface area contributed by atoms with Crippen molar-refractivity contribution in [2.45, 2.75) is 38.9 Å². The average molecular weight is 468 g/mol. The van der Waals surface area contributed by atoms with E-state index in [-0.39, 0.29) is 23.3 Å². The molecule has 0 spiro atoms. The summed E-state index contributed by atoms with van der Waals surface area (Å²) >= 11 is 0.